The van der Waals surface area contributed by atoms with Gasteiger partial charge in [-0.05, 0) is 19.9 Å². The van der Waals surface area contributed by atoms with Crippen LogP contribution in [0.3, 0.4) is 0 Å². The molecule has 55 heavy (non-hydrogen) atoms. The number of rotatable bonds is 3. The summed E-state index contributed by atoms with van der Waals surface area (Å²) in [7, 11) is 1.43. The minimum Gasteiger partial charge on any atom is -0.507 e. The summed E-state index contributed by atoms with van der Waals surface area (Å²) < 4.78 is 23.0. The van der Waals surface area contributed by atoms with Gasteiger partial charge in [-0.15, -0.1) is 0 Å². The first-order valence-corrected chi connectivity index (χ1v) is 18.4. The van der Waals surface area contributed by atoms with Crippen LogP contribution in [-0.2, 0) is 19.0 Å². The average Bonchev–Trinajstić information content (AvgIpc) is 3.44. The number of benzene rings is 2. The number of phenolic OH excluding ortho intramolecular Hbond substituents is 3. The minimum absolute atomic E-state index is 0.0604. The SMILES string of the molecule is COC1/C=C/OC2(C)Oc3c(C)c(O)c4c(O)c(c(/C=N/N5CCOCC5)c(O)c4c3C2=O)NC(=O)C(C)=C/C=C\C(C)C(O)C(C)C(O)C(C)C(O)C1C. The Bertz CT molecular complexity index is 1920. The van der Waals surface area contributed by atoms with Crippen LogP contribution in [0.15, 0.2) is 41.2 Å². The maximum atomic E-state index is 14.3. The molecule has 15 heteroatoms. The van der Waals surface area contributed by atoms with Crippen molar-refractivity contribution in [3.63, 3.8) is 0 Å². The largest absolute Gasteiger partial charge is 0.507 e. The number of morpholine rings is 1. The zero-order valence-corrected chi connectivity index (χ0v) is 32.4. The Morgan fingerprint density at radius 2 is 1.55 bits per heavy atom. The number of amides is 1. The summed E-state index contributed by atoms with van der Waals surface area (Å²) in [5.41, 5.74) is -0.366. The van der Waals surface area contributed by atoms with E-state index in [0.717, 1.165) is 0 Å². The summed E-state index contributed by atoms with van der Waals surface area (Å²) in [4.78, 5) is 27.9. The minimum atomic E-state index is -2.02. The third-order valence-corrected chi connectivity index (χ3v) is 11.1. The van der Waals surface area contributed by atoms with E-state index in [0.29, 0.717) is 26.3 Å². The lowest BCUT2D eigenvalue weighted by atomic mass is 9.78. The molecular weight excluding hydrogens is 714 g/mol. The van der Waals surface area contributed by atoms with Crippen LogP contribution in [0.1, 0.15) is 63.0 Å². The molecule has 1 saturated heterocycles. The van der Waals surface area contributed by atoms with E-state index in [-0.39, 0.29) is 44.5 Å². The number of ether oxygens (including phenoxy) is 4. The smallest absolute Gasteiger partial charge is 0.312 e. The number of carbonyl (C=O) groups excluding carboxylic acids is 2. The molecule has 4 aliphatic rings. The molecule has 9 unspecified atom stereocenters. The Hall–Kier alpha value is -4.67. The van der Waals surface area contributed by atoms with Gasteiger partial charge in [-0.1, -0.05) is 45.9 Å². The molecule has 0 radical (unpaired) electrons. The molecule has 4 aliphatic heterocycles. The number of aliphatic hydroxyl groups excluding tert-OH is 3. The molecule has 4 heterocycles. The van der Waals surface area contributed by atoms with Crippen LogP contribution in [0.4, 0.5) is 5.69 Å². The Balaban J connectivity index is 1.70. The molecule has 7 N–H and O–H groups in total. The quantitative estimate of drug-likeness (QED) is 0.134. The lowest BCUT2D eigenvalue weighted by Crippen LogP contribution is -2.44. The van der Waals surface area contributed by atoms with E-state index in [1.54, 1.807) is 44.9 Å². The molecule has 2 aromatic rings. The van der Waals surface area contributed by atoms with Gasteiger partial charge in [-0.2, -0.15) is 5.10 Å². The fourth-order valence-electron chi connectivity index (χ4n) is 7.29. The van der Waals surface area contributed by atoms with Crippen LogP contribution in [0.5, 0.6) is 23.0 Å². The van der Waals surface area contributed by atoms with Crippen molar-refractivity contribution in [2.45, 2.75) is 78.7 Å². The van der Waals surface area contributed by atoms with Gasteiger partial charge in [-0.3, -0.25) is 14.6 Å². The Labute approximate surface area is 320 Å². The van der Waals surface area contributed by atoms with Crippen molar-refractivity contribution in [1.29, 1.82) is 0 Å². The van der Waals surface area contributed by atoms with Crippen molar-refractivity contribution in [2.24, 2.45) is 28.8 Å². The number of aromatic hydroxyl groups is 3. The van der Waals surface area contributed by atoms with Gasteiger partial charge in [0.1, 0.15) is 17.2 Å². The fraction of sp³-hybridized carbons (Fsp3) is 0.525. The monoisotopic (exact) mass is 767 g/mol. The molecule has 2 aromatic carbocycles. The lowest BCUT2D eigenvalue weighted by Gasteiger charge is -2.36. The molecule has 0 saturated carbocycles. The number of hydrazone groups is 1. The maximum absolute atomic E-state index is 14.3. The number of methoxy groups -OCH3 is 1. The summed E-state index contributed by atoms with van der Waals surface area (Å²) in [6.07, 6.45) is 4.70. The lowest BCUT2D eigenvalue weighted by molar-refractivity contribution is -0.112. The van der Waals surface area contributed by atoms with E-state index in [1.165, 1.54) is 52.5 Å². The molecule has 0 spiro atoms. The number of hydrogen-bond acceptors (Lipinski definition) is 14. The summed E-state index contributed by atoms with van der Waals surface area (Å²) in [6.45, 7) is 12.9. The molecule has 6 rings (SSSR count). The molecular formula is C40H53N3O12. The number of nitrogens with one attached hydrogen (secondary N) is 1. The molecule has 9 atom stereocenters. The maximum Gasteiger partial charge on any atom is 0.312 e. The molecule has 1 fully saturated rings. The normalized spacial score (nSPS) is 32.3. The van der Waals surface area contributed by atoms with Crippen LogP contribution >= 0.6 is 0 Å². The van der Waals surface area contributed by atoms with Gasteiger partial charge in [0.05, 0.1) is 85.4 Å². The van der Waals surface area contributed by atoms with Crippen LogP contribution in [0.25, 0.3) is 10.8 Å². The summed E-state index contributed by atoms with van der Waals surface area (Å²) >= 11 is 0. The summed E-state index contributed by atoms with van der Waals surface area (Å²) in [5, 5.41) is 77.2. The number of allylic oxidation sites excluding steroid dienone is 2. The number of fused-ring (bicyclic) bond motifs is 14. The second kappa shape index (κ2) is 16.6. The average molecular weight is 768 g/mol. The van der Waals surface area contributed by atoms with E-state index in [2.05, 4.69) is 10.4 Å². The standard InChI is InChI=1S/C40H53N3O12/c1-19-10-9-11-20(2)39(51)42-30-25(18-41-43-13-16-53-17-14-43)35(48)27-28(36(30)49)34(47)24(6)37-29(27)38(50)40(7,55-37)54-15-12-26(52-8)21(3)32(45)23(5)33(46)22(4)31(19)44/h9-12,15,18-19,21-23,26,31-33,44-49H,13-14,16-17H2,1-8H3,(H,42,51)/b10-9-,15-12+,20-11?,41-18+. The van der Waals surface area contributed by atoms with Gasteiger partial charge in [0.2, 0.25) is 0 Å². The number of Topliss-reactive ketones (excluding diaryl/α,β-unsaturated/α-hetero) is 1. The molecule has 300 valence electrons. The number of hydrogen-bond donors (Lipinski definition) is 7. The van der Waals surface area contributed by atoms with Crippen molar-refractivity contribution in [1.82, 2.24) is 5.01 Å². The van der Waals surface area contributed by atoms with Crippen LogP contribution in [0.2, 0.25) is 0 Å². The highest BCUT2D eigenvalue weighted by molar-refractivity contribution is 6.23. The zero-order chi connectivity index (χ0) is 40.5. The van der Waals surface area contributed by atoms with E-state index < -0.39 is 82.8 Å². The Kier molecular flexibility index (Phi) is 12.5. The highest BCUT2D eigenvalue weighted by Crippen LogP contribution is 2.55. The molecule has 0 aromatic heterocycles. The van der Waals surface area contributed by atoms with Crippen molar-refractivity contribution in [3.05, 3.63) is 52.8 Å². The predicted octanol–water partition coefficient (Wildman–Crippen LogP) is 3.85. The Morgan fingerprint density at radius 1 is 0.909 bits per heavy atom. The van der Waals surface area contributed by atoms with Gasteiger partial charge in [0.25, 0.3) is 11.7 Å². The van der Waals surface area contributed by atoms with Gasteiger partial charge < -0.3 is 54.9 Å². The summed E-state index contributed by atoms with van der Waals surface area (Å²) in [6, 6.07) is 0. The third kappa shape index (κ3) is 7.89. The molecule has 0 aliphatic carbocycles. The second-order valence-corrected chi connectivity index (χ2v) is 14.8. The van der Waals surface area contributed by atoms with Crippen molar-refractivity contribution >= 4 is 34.4 Å². The van der Waals surface area contributed by atoms with Gasteiger partial charge in [-0.25, -0.2) is 0 Å². The highest BCUT2D eigenvalue weighted by atomic mass is 16.7. The van der Waals surface area contributed by atoms with Crippen LogP contribution in [0, 0.1) is 30.6 Å². The number of anilines is 1. The van der Waals surface area contributed by atoms with Crippen molar-refractivity contribution in [3.8, 4) is 23.0 Å². The van der Waals surface area contributed by atoms with E-state index in [9.17, 15) is 40.2 Å². The first-order chi connectivity index (χ1) is 25.9. The predicted molar refractivity (Wildman–Crippen MR) is 204 cm³/mol. The molecule has 5 bridgehead atoms. The number of aliphatic hydroxyl groups is 3. The molecule has 1 amide bonds. The Morgan fingerprint density at radius 3 is 2.20 bits per heavy atom. The number of phenols is 3. The first kappa shape index (κ1) is 41.5. The van der Waals surface area contributed by atoms with E-state index >= 15 is 0 Å². The first-order valence-electron chi connectivity index (χ1n) is 18.4. The topological polar surface area (TPSA) is 220 Å². The number of ketones is 1. The van der Waals surface area contributed by atoms with Crippen molar-refractivity contribution in [2.75, 3.05) is 38.7 Å². The third-order valence-electron chi connectivity index (χ3n) is 11.1. The van der Waals surface area contributed by atoms with Gasteiger partial charge in [0.15, 0.2) is 5.75 Å². The highest BCUT2D eigenvalue weighted by Gasteiger charge is 2.50. The number of nitrogens with zero attached hydrogens (tertiary/aromatic N) is 2. The second-order valence-electron chi connectivity index (χ2n) is 14.8. The van der Waals surface area contributed by atoms with E-state index in [1.807, 2.05) is 0 Å². The van der Waals surface area contributed by atoms with Gasteiger partial charge >= 0.3 is 5.79 Å². The zero-order valence-electron chi connectivity index (χ0n) is 32.4. The molecule has 15 nitrogen and oxygen atoms in total. The number of carbonyl (C=O) groups is 2. The van der Waals surface area contributed by atoms with Crippen molar-refractivity contribution < 1.29 is 59.2 Å². The fourth-order valence-corrected chi connectivity index (χ4v) is 7.29. The van der Waals surface area contributed by atoms with Gasteiger partial charge in [0, 0.05) is 54.2 Å². The van der Waals surface area contributed by atoms with Crippen LogP contribution < -0.4 is 10.1 Å². The van der Waals surface area contributed by atoms with Crippen LogP contribution in [-0.4, -0.2) is 117 Å². The van der Waals surface area contributed by atoms with E-state index in [4.69, 9.17) is 18.9 Å². The summed E-state index contributed by atoms with van der Waals surface area (Å²) in [5.74, 6) is -7.68.